The minimum atomic E-state index is -0.330. The van der Waals surface area contributed by atoms with Crippen molar-refractivity contribution in [3.8, 4) is 0 Å². The molecule has 1 amide bonds. The van der Waals surface area contributed by atoms with Crippen molar-refractivity contribution in [2.45, 2.75) is 63.3 Å². The van der Waals surface area contributed by atoms with Crippen LogP contribution in [0.15, 0.2) is 0 Å². The molecule has 1 aromatic heterocycles. The molecule has 0 aliphatic heterocycles. The van der Waals surface area contributed by atoms with Gasteiger partial charge in [0.2, 0.25) is 5.91 Å². The van der Waals surface area contributed by atoms with E-state index < -0.39 is 0 Å². The molecule has 6 heteroatoms. The van der Waals surface area contributed by atoms with E-state index in [0.717, 1.165) is 42.6 Å². The summed E-state index contributed by atoms with van der Waals surface area (Å²) < 4.78 is 4.99. The summed E-state index contributed by atoms with van der Waals surface area (Å²) >= 11 is 1.56. The molecule has 0 aromatic carbocycles. The van der Waals surface area contributed by atoms with Crippen LogP contribution >= 0.6 is 11.3 Å². The summed E-state index contributed by atoms with van der Waals surface area (Å²) in [6, 6.07) is 0. The first kappa shape index (κ1) is 18.6. The Kier molecular flexibility index (Phi) is 4.55. The summed E-state index contributed by atoms with van der Waals surface area (Å²) in [4.78, 5) is 28.8. The molecule has 0 atom stereocenters. The van der Waals surface area contributed by atoms with E-state index in [0.29, 0.717) is 17.1 Å². The van der Waals surface area contributed by atoms with Crippen molar-refractivity contribution in [2.75, 3.05) is 26.0 Å². The van der Waals surface area contributed by atoms with Crippen LogP contribution in [0.5, 0.6) is 0 Å². The molecule has 4 fully saturated rings. The largest absolute Gasteiger partial charge is 0.465 e. The molecular formula is C22H30N2O3S. The molecule has 28 heavy (non-hydrogen) atoms. The molecule has 5 aliphatic carbocycles. The molecule has 4 saturated carbocycles. The minimum Gasteiger partial charge on any atom is -0.465 e. The van der Waals surface area contributed by atoms with Crippen LogP contribution in [0.3, 0.4) is 0 Å². The minimum absolute atomic E-state index is 0.0108. The molecular weight excluding hydrogens is 372 g/mol. The summed E-state index contributed by atoms with van der Waals surface area (Å²) in [6.07, 6.45) is 10.9. The highest BCUT2D eigenvalue weighted by atomic mass is 32.1. The molecule has 1 N–H and O–H groups in total. The van der Waals surface area contributed by atoms with E-state index in [1.807, 2.05) is 0 Å². The highest BCUT2D eigenvalue weighted by molar-refractivity contribution is 7.17. The third-order valence-electron chi connectivity index (χ3n) is 7.76. The smallest absolute Gasteiger partial charge is 0.341 e. The lowest BCUT2D eigenvalue weighted by molar-refractivity contribution is -0.123. The maximum atomic E-state index is 12.9. The number of esters is 1. The van der Waals surface area contributed by atoms with Crippen molar-refractivity contribution in [3.63, 3.8) is 0 Å². The summed E-state index contributed by atoms with van der Waals surface area (Å²) in [5.74, 6) is 2.25. The fourth-order valence-electron chi connectivity index (χ4n) is 6.89. The number of fused-ring (bicyclic) bond motifs is 1. The van der Waals surface area contributed by atoms with Gasteiger partial charge in [0.05, 0.1) is 19.2 Å². The van der Waals surface area contributed by atoms with Gasteiger partial charge in [0.1, 0.15) is 5.00 Å². The number of nitrogens with zero attached hydrogens (tertiary/aromatic N) is 1. The first-order valence-electron chi connectivity index (χ1n) is 10.7. The molecule has 0 saturated heterocycles. The highest BCUT2D eigenvalue weighted by Gasteiger charge is 2.52. The monoisotopic (exact) mass is 402 g/mol. The standard InChI is InChI=1S/C22H30N2O3S/c1-24(22-9-13-6-14(10-22)8-15(7-13)11-22)12-18(25)23-20-19(21(26)27-2)16-4-3-5-17(16)28-20/h13-15H,3-12H2,1-2H3,(H,23,25). The topological polar surface area (TPSA) is 58.6 Å². The van der Waals surface area contributed by atoms with Gasteiger partial charge < -0.3 is 10.1 Å². The van der Waals surface area contributed by atoms with Crippen LogP contribution in [0.25, 0.3) is 0 Å². The second kappa shape index (κ2) is 6.84. The van der Waals surface area contributed by atoms with Crippen molar-refractivity contribution in [2.24, 2.45) is 17.8 Å². The van der Waals surface area contributed by atoms with E-state index in [-0.39, 0.29) is 17.4 Å². The van der Waals surface area contributed by atoms with Gasteiger partial charge in [-0.15, -0.1) is 11.3 Å². The van der Waals surface area contributed by atoms with Gasteiger partial charge in [-0.1, -0.05) is 0 Å². The number of nitrogens with one attached hydrogen (secondary N) is 1. The number of amides is 1. The molecule has 5 nitrogen and oxygen atoms in total. The Labute approximate surface area is 170 Å². The number of methoxy groups -OCH3 is 1. The Hall–Kier alpha value is -1.40. The Balaban J connectivity index is 1.30. The van der Waals surface area contributed by atoms with Gasteiger partial charge in [-0.3, -0.25) is 9.69 Å². The normalized spacial score (nSPS) is 32.6. The van der Waals surface area contributed by atoms with Gasteiger partial charge in [-0.2, -0.15) is 0 Å². The number of hydrogen-bond acceptors (Lipinski definition) is 5. The molecule has 6 rings (SSSR count). The highest BCUT2D eigenvalue weighted by Crippen LogP contribution is 2.57. The van der Waals surface area contributed by atoms with E-state index in [4.69, 9.17) is 4.74 Å². The third kappa shape index (κ3) is 3.00. The third-order valence-corrected chi connectivity index (χ3v) is 8.97. The van der Waals surface area contributed by atoms with Crippen molar-refractivity contribution < 1.29 is 14.3 Å². The predicted octanol–water partition coefficient (Wildman–Crippen LogP) is 3.86. The van der Waals surface area contributed by atoms with Crippen LogP contribution in [0, 0.1) is 17.8 Å². The molecule has 0 spiro atoms. The molecule has 1 heterocycles. The first-order valence-corrected chi connectivity index (χ1v) is 11.5. The van der Waals surface area contributed by atoms with Gasteiger partial charge in [-0.25, -0.2) is 4.79 Å². The van der Waals surface area contributed by atoms with E-state index >= 15 is 0 Å². The first-order chi connectivity index (χ1) is 13.5. The average molecular weight is 403 g/mol. The zero-order valence-electron chi connectivity index (χ0n) is 16.9. The van der Waals surface area contributed by atoms with Gasteiger partial charge >= 0.3 is 5.97 Å². The van der Waals surface area contributed by atoms with E-state index in [9.17, 15) is 9.59 Å². The van der Waals surface area contributed by atoms with Gasteiger partial charge in [-0.05, 0) is 88.2 Å². The summed E-state index contributed by atoms with van der Waals surface area (Å²) in [5, 5.41) is 3.74. The lowest BCUT2D eigenvalue weighted by Gasteiger charge is -2.59. The number of rotatable bonds is 5. The van der Waals surface area contributed by atoms with Crippen molar-refractivity contribution in [3.05, 3.63) is 16.0 Å². The zero-order valence-corrected chi connectivity index (χ0v) is 17.7. The molecule has 4 bridgehead atoms. The lowest BCUT2D eigenvalue weighted by atomic mass is 9.52. The second-order valence-corrected chi connectivity index (χ2v) is 10.7. The summed E-state index contributed by atoms with van der Waals surface area (Å²) in [5.41, 5.74) is 1.89. The lowest BCUT2D eigenvalue weighted by Crippen LogP contribution is -2.59. The van der Waals surface area contributed by atoms with Crippen LogP contribution < -0.4 is 5.32 Å². The quantitative estimate of drug-likeness (QED) is 0.760. The van der Waals surface area contributed by atoms with E-state index in [1.165, 1.54) is 50.5 Å². The molecule has 152 valence electrons. The predicted molar refractivity (Wildman–Crippen MR) is 110 cm³/mol. The molecule has 5 aliphatic rings. The van der Waals surface area contributed by atoms with Gasteiger partial charge in [0, 0.05) is 10.4 Å². The maximum absolute atomic E-state index is 12.9. The fourth-order valence-corrected chi connectivity index (χ4v) is 8.19. The van der Waals surface area contributed by atoms with Crippen molar-refractivity contribution >= 4 is 28.2 Å². The Morgan fingerprint density at radius 3 is 2.39 bits per heavy atom. The number of hydrogen-bond donors (Lipinski definition) is 1. The average Bonchev–Trinajstić information content (AvgIpc) is 3.20. The van der Waals surface area contributed by atoms with Crippen LogP contribution in [0.2, 0.25) is 0 Å². The Morgan fingerprint density at radius 2 is 1.79 bits per heavy atom. The van der Waals surface area contributed by atoms with E-state index in [1.54, 1.807) is 11.3 Å². The van der Waals surface area contributed by atoms with Crippen LogP contribution in [0.1, 0.15) is 65.7 Å². The summed E-state index contributed by atoms with van der Waals surface area (Å²) in [6.45, 7) is 0.398. The number of likely N-dealkylation sites (N-methyl/N-ethyl adjacent to an activating group) is 1. The Morgan fingerprint density at radius 1 is 1.14 bits per heavy atom. The molecule has 0 radical (unpaired) electrons. The number of anilines is 1. The van der Waals surface area contributed by atoms with Crippen LogP contribution in [-0.4, -0.2) is 43.0 Å². The number of aryl methyl sites for hydroxylation is 1. The van der Waals surface area contributed by atoms with Crippen LogP contribution in [0.4, 0.5) is 5.00 Å². The maximum Gasteiger partial charge on any atom is 0.341 e. The Bertz CT molecular complexity index is 780. The van der Waals surface area contributed by atoms with Gasteiger partial charge in [0.15, 0.2) is 0 Å². The summed E-state index contributed by atoms with van der Waals surface area (Å²) in [7, 11) is 3.54. The zero-order chi connectivity index (χ0) is 19.5. The molecule has 1 aromatic rings. The number of thiophene rings is 1. The SMILES string of the molecule is COC(=O)c1c(NC(=O)CN(C)C23CC4CC(CC(C4)C2)C3)sc2c1CCC2. The number of carbonyl (C=O) groups is 2. The van der Waals surface area contributed by atoms with Crippen LogP contribution in [-0.2, 0) is 22.4 Å². The van der Waals surface area contributed by atoms with Crippen molar-refractivity contribution in [1.82, 2.24) is 4.90 Å². The van der Waals surface area contributed by atoms with Crippen molar-refractivity contribution in [1.29, 1.82) is 0 Å². The van der Waals surface area contributed by atoms with E-state index in [2.05, 4.69) is 17.3 Å². The number of ether oxygens (including phenoxy) is 1. The molecule has 0 unspecified atom stereocenters. The second-order valence-electron chi connectivity index (χ2n) is 9.60. The fraction of sp³-hybridized carbons (Fsp3) is 0.727. The number of carbonyl (C=O) groups excluding carboxylic acids is 2. The van der Waals surface area contributed by atoms with Gasteiger partial charge in [0.25, 0.3) is 0 Å².